The van der Waals surface area contributed by atoms with Crippen LogP contribution in [0.4, 0.5) is 0 Å². The van der Waals surface area contributed by atoms with Crippen LogP contribution in [0, 0.1) is 13.8 Å². The molecule has 0 atom stereocenters. The van der Waals surface area contributed by atoms with Gasteiger partial charge in [0.1, 0.15) is 0 Å². The second-order valence-electron chi connectivity index (χ2n) is 4.61. The first-order valence-electron chi connectivity index (χ1n) is 5.75. The average Bonchev–Trinajstić information content (AvgIpc) is 2.73. The number of pyridine rings is 1. The number of hydrogen-bond donors (Lipinski definition) is 0. The second-order valence-corrected chi connectivity index (χ2v) is 4.99. The van der Waals surface area contributed by atoms with Crippen LogP contribution in [0.2, 0.25) is 5.02 Å². The number of aryl methyl sites for hydroxylation is 3. The van der Waals surface area contributed by atoms with Gasteiger partial charge in [-0.1, -0.05) is 23.7 Å². The Labute approximate surface area is 100 Å². The Balaban J connectivity index is 2.46. The van der Waals surface area contributed by atoms with Crippen molar-refractivity contribution in [3.05, 3.63) is 39.5 Å². The topological polar surface area (TPSA) is 12.9 Å². The summed E-state index contributed by atoms with van der Waals surface area (Å²) in [5.74, 6) is 0. The van der Waals surface area contributed by atoms with Gasteiger partial charge in [-0.2, -0.15) is 0 Å². The summed E-state index contributed by atoms with van der Waals surface area (Å²) in [4.78, 5) is 4.79. The van der Waals surface area contributed by atoms with Gasteiger partial charge in [0.05, 0.1) is 10.5 Å². The Morgan fingerprint density at radius 2 is 2.00 bits per heavy atom. The predicted molar refractivity (Wildman–Crippen MR) is 68.3 cm³/mol. The van der Waals surface area contributed by atoms with Crippen molar-refractivity contribution in [1.82, 2.24) is 4.98 Å². The summed E-state index contributed by atoms with van der Waals surface area (Å²) in [6.07, 6.45) is 3.36. The molecule has 0 spiro atoms. The molecule has 2 heteroatoms. The van der Waals surface area contributed by atoms with Gasteiger partial charge in [0.25, 0.3) is 0 Å². The number of benzene rings is 1. The van der Waals surface area contributed by atoms with E-state index in [1.165, 1.54) is 28.8 Å². The molecule has 0 bridgehead atoms. The van der Waals surface area contributed by atoms with Gasteiger partial charge in [-0.3, -0.25) is 4.98 Å². The smallest absolute Gasteiger partial charge is 0.0752 e. The molecule has 0 fully saturated rings. The molecule has 0 saturated carbocycles. The lowest BCUT2D eigenvalue weighted by atomic mass is 10.0. The number of hydrogen-bond acceptors (Lipinski definition) is 1. The summed E-state index contributed by atoms with van der Waals surface area (Å²) < 4.78 is 0. The van der Waals surface area contributed by atoms with E-state index in [0.29, 0.717) is 0 Å². The number of nitrogens with zero attached hydrogens (tertiary/aromatic N) is 1. The minimum absolute atomic E-state index is 0.931. The summed E-state index contributed by atoms with van der Waals surface area (Å²) in [6, 6.07) is 4.23. The van der Waals surface area contributed by atoms with Crippen molar-refractivity contribution >= 4 is 22.5 Å². The van der Waals surface area contributed by atoms with E-state index in [1.54, 1.807) is 0 Å². The van der Waals surface area contributed by atoms with Gasteiger partial charge in [0.2, 0.25) is 0 Å². The Morgan fingerprint density at radius 1 is 1.19 bits per heavy atom. The second kappa shape index (κ2) is 3.46. The molecule has 1 aliphatic carbocycles. The Morgan fingerprint density at radius 3 is 2.81 bits per heavy atom. The average molecular weight is 232 g/mol. The highest BCUT2D eigenvalue weighted by Gasteiger charge is 2.19. The molecular formula is C14H14ClN. The first-order valence-corrected chi connectivity index (χ1v) is 6.13. The number of fused-ring (bicyclic) bond motifs is 2. The van der Waals surface area contributed by atoms with Gasteiger partial charge < -0.3 is 0 Å². The fraction of sp³-hybridized carbons (Fsp3) is 0.357. The Bertz CT molecular complexity index is 587. The molecule has 0 unspecified atom stereocenters. The van der Waals surface area contributed by atoms with Crippen molar-refractivity contribution in [2.75, 3.05) is 0 Å². The maximum atomic E-state index is 6.47. The molecule has 0 amide bonds. The molecule has 16 heavy (non-hydrogen) atoms. The van der Waals surface area contributed by atoms with Crippen molar-refractivity contribution in [3.63, 3.8) is 0 Å². The molecular weight excluding hydrogens is 218 g/mol. The third-order valence-corrected chi connectivity index (χ3v) is 4.07. The third kappa shape index (κ3) is 1.28. The van der Waals surface area contributed by atoms with Gasteiger partial charge in [0, 0.05) is 11.1 Å². The predicted octanol–water partition coefficient (Wildman–Crippen LogP) is 3.99. The summed E-state index contributed by atoms with van der Waals surface area (Å²) in [7, 11) is 0. The molecule has 3 rings (SSSR count). The Hall–Kier alpha value is -1.08. The van der Waals surface area contributed by atoms with Crippen LogP contribution < -0.4 is 0 Å². The van der Waals surface area contributed by atoms with Gasteiger partial charge in [-0.25, -0.2) is 0 Å². The van der Waals surface area contributed by atoms with Crippen LogP contribution in [0.3, 0.4) is 0 Å². The molecule has 0 aliphatic heterocycles. The third-order valence-electron chi connectivity index (χ3n) is 3.64. The first kappa shape index (κ1) is 10.1. The van der Waals surface area contributed by atoms with Crippen LogP contribution >= 0.6 is 11.6 Å². The fourth-order valence-electron chi connectivity index (χ4n) is 2.51. The highest BCUT2D eigenvalue weighted by molar-refractivity contribution is 6.36. The lowest BCUT2D eigenvalue weighted by Crippen LogP contribution is -1.95. The van der Waals surface area contributed by atoms with E-state index in [-0.39, 0.29) is 0 Å². The van der Waals surface area contributed by atoms with Crippen molar-refractivity contribution < 1.29 is 0 Å². The van der Waals surface area contributed by atoms with Gasteiger partial charge >= 0.3 is 0 Å². The molecule has 1 aliphatic rings. The summed E-state index contributed by atoms with van der Waals surface area (Å²) in [5, 5.41) is 2.05. The normalized spacial score (nSPS) is 14.4. The number of aromatic nitrogens is 1. The van der Waals surface area contributed by atoms with E-state index in [1.807, 2.05) is 0 Å². The van der Waals surface area contributed by atoms with Crippen molar-refractivity contribution in [3.8, 4) is 0 Å². The zero-order valence-corrected chi connectivity index (χ0v) is 10.4. The summed E-state index contributed by atoms with van der Waals surface area (Å²) >= 11 is 6.47. The van der Waals surface area contributed by atoms with E-state index in [0.717, 1.165) is 28.8 Å². The molecule has 1 aromatic heterocycles. The fourth-order valence-corrected chi connectivity index (χ4v) is 2.86. The standard InChI is InChI=1S/C14H14ClN/c1-8-6-7-11-13(15)10-4-3-5-12(10)16-14(11)9(8)2/h6-7H,3-5H2,1-2H3. The lowest BCUT2D eigenvalue weighted by molar-refractivity contribution is 0.901. The van der Waals surface area contributed by atoms with Gasteiger partial charge in [-0.15, -0.1) is 0 Å². The maximum Gasteiger partial charge on any atom is 0.0752 e. The molecule has 0 saturated heterocycles. The number of rotatable bonds is 0. The molecule has 1 heterocycles. The maximum absolute atomic E-state index is 6.47. The minimum Gasteiger partial charge on any atom is -0.252 e. The van der Waals surface area contributed by atoms with E-state index in [2.05, 4.69) is 26.0 Å². The molecule has 2 aromatic rings. The summed E-state index contributed by atoms with van der Waals surface area (Å²) in [6.45, 7) is 4.25. The SMILES string of the molecule is Cc1ccc2c(Cl)c3c(nc2c1C)CCC3. The van der Waals surface area contributed by atoms with Crippen LogP contribution in [-0.2, 0) is 12.8 Å². The molecule has 1 nitrogen and oxygen atoms in total. The minimum atomic E-state index is 0.931. The molecule has 82 valence electrons. The van der Waals surface area contributed by atoms with E-state index in [9.17, 15) is 0 Å². The molecule has 1 aromatic carbocycles. The van der Waals surface area contributed by atoms with Crippen LogP contribution in [0.1, 0.15) is 28.8 Å². The zero-order chi connectivity index (χ0) is 11.3. The van der Waals surface area contributed by atoms with Crippen LogP contribution in [0.5, 0.6) is 0 Å². The highest BCUT2D eigenvalue weighted by Crippen LogP contribution is 2.35. The lowest BCUT2D eigenvalue weighted by Gasteiger charge is -2.10. The van der Waals surface area contributed by atoms with E-state index < -0.39 is 0 Å². The quantitative estimate of drug-likeness (QED) is 0.668. The monoisotopic (exact) mass is 231 g/mol. The van der Waals surface area contributed by atoms with Crippen LogP contribution in [0.15, 0.2) is 12.1 Å². The Kier molecular flexibility index (Phi) is 2.18. The highest BCUT2D eigenvalue weighted by atomic mass is 35.5. The van der Waals surface area contributed by atoms with Crippen molar-refractivity contribution in [2.24, 2.45) is 0 Å². The van der Waals surface area contributed by atoms with Gasteiger partial charge in [-0.05, 0) is 49.8 Å². The van der Waals surface area contributed by atoms with Crippen molar-refractivity contribution in [2.45, 2.75) is 33.1 Å². The number of halogens is 1. The van der Waals surface area contributed by atoms with E-state index in [4.69, 9.17) is 16.6 Å². The van der Waals surface area contributed by atoms with Crippen LogP contribution in [-0.4, -0.2) is 4.98 Å². The first-order chi connectivity index (χ1) is 7.68. The van der Waals surface area contributed by atoms with E-state index >= 15 is 0 Å². The van der Waals surface area contributed by atoms with Crippen molar-refractivity contribution in [1.29, 1.82) is 0 Å². The zero-order valence-electron chi connectivity index (χ0n) is 9.60. The van der Waals surface area contributed by atoms with Crippen LogP contribution in [0.25, 0.3) is 10.9 Å². The molecule has 0 N–H and O–H groups in total. The van der Waals surface area contributed by atoms with Gasteiger partial charge in [0.15, 0.2) is 0 Å². The summed E-state index contributed by atoms with van der Waals surface area (Å²) in [5.41, 5.74) is 6.12. The largest absolute Gasteiger partial charge is 0.252 e. The molecule has 0 radical (unpaired) electrons.